The van der Waals surface area contributed by atoms with Gasteiger partial charge in [-0.1, -0.05) is 60.2 Å². The van der Waals surface area contributed by atoms with Crippen molar-refractivity contribution in [1.29, 1.82) is 0 Å². The molecule has 0 saturated carbocycles. The summed E-state index contributed by atoms with van der Waals surface area (Å²) >= 11 is 0. The van der Waals surface area contributed by atoms with E-state index in [2.05, 4.69) is 74.5 Å². The maximum Gasteiger partial charge on any atom is -0.0250 e. The van der Waals surface area contributed by atoms with Crippen molar-refractivity contribution in [2.45, 2.75) is 13.8 Å². The lowest BCUT2D eigenvalue weighted by molar-refractivity contribution is 1.45. The summed E-state index contributed by atoms with van der Waals surface area (Å²) in [6.07, 6.45) is 4.30. The van der Waals surface area contributed by atoms with E-state index in [4.69, 9.17) is 0 Å². The highest BCUT2D eigenvalue weighted by Gasteiger charge is 1.86. The van der Waals surface area contributed by atoms with E-state index in [-0.39, 0.29) is 0 Å². The van der Waals surface area contributed by atoms with Gasteiger partial charge < -0.3 is 0 Å². The molecule has 0 radical (unpaired) electrons. The van der Waals surface area contributed by atoms with Gasteiger partial charge in [0.2, 0.25) is 0 Å². The molecule has 0 saturated heterocycles. The zero-order valence-electron chi connectivity index (χ0n) is 9.77. The Kier molecular flexibility index (Phi) is 3.21. The predicted octanol–water partition coefficient (Wildman–Crippen LogP) is 2.62. The predicted molar refractivity (Wildman–Crippen MR) is 70.6 cm³/mol. The number of aryl methyl sites for hydroxylation is 1. The monoisotopic (exact) mass is 208 g/mol. The van der Waals surface area contributed by atoms with Gasteiger partial charge in [-0.3, -0.25) is 0 Å². The van der Waals surface area contributed by atoms with Crippen LogP contribution in [-0.4, -0.2) is 0 Å². The lowest BCUT2D eigenvalue weighted by Crippen LogP contribution is -2.06. The maximum atomic E-state index is 2.19. The van der Waals surface area contributed by atoms with Crippen LogP contribution in [0, 0.1) is 6.92 Å². The summed E-state index contributed by atoms with van der Waals surface area (Å²) in [6, 6.07) is 17.1. The average molecular weight is 208 g/mol. The van der Waals surface area contributed by atoms with Gasteiger partial charge in [-0.2, -0.15) is 0 Å². The third kappa shape index (κ3) is 2.60. The molecule has 2 aromatic carbocycles. The standard InChI is InChI=1S/C16H16/c1-3-14-8-10-16(11-9-14)12-15-6-4-13(2)5-7-15/h3-12H,1-2H3. The summed E-state index contributed by atoms with van der Waals surface area (Å²) < 4.78 is 0. The molecule has 0 heterocycles. The minimum absolute atomic E-state index is 1.24. The summed E-state index contributed by atoms with van der Waals surface area (Å²) in [7, 11) is 0. The van der Waals surface area contributed by atoms with Crippen molar-refractivity contribution >= 4 is 12.2 Å². The van der Waals surface area contributed by atoms with Gasteiger partial charge in [0.1, 0.15) is 0 Å². The van der Waals surface area contributed by atoms with Gasteiger partial charge in [-0.05, 0) is 35.9 Å². The van der Waals surface area contributed by atoms with E-state index in [1.807, 2.05) is 0 Å². The van der Waals surface area contributed by atoms with Crippen LogP contribution in [0.4, 0.5) is 0 Å². The first-order valence-electron chi connectivity index (χ1n) is 5.59. The second-order valence-corrected chi connectivity index (χ2v) is 4.01. The normalized spacial score (nSPS) is 9.88. The maximum absolute atomic E-state index is 2.19. The molecule has 0 atom stereocenters. The Hall–Kier alpha value is -1.82. The van der Waals surface area contributed by atoms with Gasteiger partial charge in [-0.15, -0.1) is 0 Å². The molecular formula is C16H16. The van der Waals surface area contributed by atoms with E-state index in [0.29, 0.717) is 0 Å². The fraction of sp³-hybridized carbons (Fsp3) is 0.125. The number of hydrogen-bond acceptors (Lipinski definition) is 0. The first-order valence-corrected chi connectivity index (χ1v) is 5.59. The highest BCUT2D eigenvalue weighted by molar-refractivity contribution is 5.49. The zero-order chi connectivity index (χ0) is 11.4. The lowest BCUT2D eigenvalue weighted by Gasteiger charge is -1.94. The molecule has 0 nitrogen and oxygen atoms in total. The molecule has 0 amide bonds. The minimum Gasteiger partial charge on any atom is -0.0804 e. The van der Waals surface area contributed by atoms with Crippen molar-refractivity contribution in [3.8, 4) is 0 Å². The second kappa shape index (κ2) is 4.80. The SMILES string of the molecule is CC=c1ccc(=Cc2ccc(C)cc2)cc1. The van der Waals surface area contributed by atoms with Gasteiger partial charge in [0.15, 0.2) is 0 Å². The van der Waals surface area contributed by atoms with Crippen LogP contribution in [0.25, 0.3) is 12.2 Å². The smallest absolute Gasteiger partial charge is 0.0250 e. The topological polar surface area (TPSA) is 0 Å². The van der Waals surface area contributed by atoms with E-state index in [1.54, 1.807) is 0 Å². The molecule has 0 unspecified atom stereocenters. The van der Waals surface area contributed by atoms with Crippen LogP contribution in [0.2, 0.25) is 0 Å². The first kappa shape index (κ1) is 10.7. The highest BCUT2D eigenvalue weighted by Crippen LogP contribution is 2.02. The summed E-state index contributed by atoms with van der Waals surface area (Å²) in [5.74, 6) is 0. The van der Waals surface area contributed by atoms with Crippen LogP contribution in [0.15, 0.2) is 48.5 Å². The van der Waals surface area contributed by atoms with Crippen LogP contribution in [0.1, 0.15) is 18.1 Å². The molecular weight excluding hydrogens is 192 g/mol. The summed E-state index contributed by atoms with van der Waals surface area (Å²) in [4.78, 5) is 0. The number of hydrogen-bond donors (Lipinski definition) is 0. The van der Waals surface area contributed by atoms with Crippen molar-refractivity contribution in [2.24, 2.45) is 0 Å². The second-order valence-electron chi connectivity index (χ2n) is 4.01. The third-order valence-electron chi connectivity index (χ3n) is 2.68. The molecule has 0 aromatic heterocycles. The van der Waals surface area contributed by atoms with Crippen molar-refractivity contribution in [3.05, 3.63) is 70.1 Å². The van der Waals surface area contributed by atoms with Gasteiger partial charge >= 0.3 is 0 Å². The van der Waals surface area contributed by atoms with E-state index in [0.717, 1.165) is 0 Å². The van der Waals surface area contributed by atoms with Crippen LogP contribution in [-0.2, 0) is 0 Å². The summed E-state index contributed by atoms with van der Waals surface area (Å²) in [5.41, 5.74) is 2.55. The minimum atomic E-state index is 1.24. The van der Waals surface area contributed by atoms with E-state index in [1.165, 1.54) is 21.6 Å². The Bertz CT molecular complexity index is 551. The quantitative estimate of drug-likeness (QED) is 0.676. The summed E-state index contributed by atoms with van der Waals surface area (Å²) in [6.45, 7) is 4.16. The Balaban J connectivity index is 2.39. The largest absolute Gasteiger partial charge is 0.0804 e. The fourth-order valence-corrected chi connectivity index (χ4v) is 1.64. The van der Waals surface area contributed by atoms with E-state index >= 15 is 0 Å². The molecule has 0 aliphatic carbocycles. The van der Waals surface area contributed by atoms with Gasteiger partial charge in [0, 0.05) is 0 Å². The van der Waals surface area contributed by atoms with Crippen molar-refractivity contribution in [3.63, 3.8) is 0 Å². The Morgan fingerprint density at radius 1 is 0.750 bits per heavy atom. The molecule has 2 aromatic rings. The lowest BCUT2D eigenvalue weighted by atomic mass is 10.1. The Morgan fingerprint density at radius 2 is 1.31 bits per heavy atom. The molecule has 2 rings (SSSR count). The van der Waals surface area contributed by atoms with Crippen LogP contribution < -0.4 is 10.4 Å². The Morgan fingerprint density at radius 3 is 1.88 bits per heavy atom. The molecule has 80 valence electrons. The number of rotatable bonds is 1. The van der Waals surface area contributed by atoms with Crippen molar-refractivity contribution in [1.82, 2.24) is 0 Å². The molecule has 0 spiro atoms. The number of benzene rings is 2. The fourth-order valence-electron chi connectivity index (χ4n) is 1.64. The third-order valence-corrected chi connectivity index (χ3v) is 2.68. The molecule has 0 aliphatic heterocycles. The molecule has 0 N–H and O–H groups in total. The highest BCUT2D eigenvalue weighted by atomic mass is 13.9. The van der Waals surface area contributed by atoms with E-state index in [9.17, 15) is 0 Å². The molecule has 0 fully saturated rings. The van der Waals surface area contributed by atoms with Crippen LogP contribution in [0.5, 0.6) is 0 Å². The van der Waals surface area contributed by atoms with Gasteiger partial charge in [0.05, 0.1) is 0 Å². The van der Waals surface area contributed by atoms with Gasteiger partial charge in [0.25, 0.3) is 0 Å². The van der Waals surface area contributed by atoms with Gasteiger partial charge in [-0.25, -0.2) is 0 Å². The average Bonchev–Trinajstić information content (AvgIpc) is 2.33. The van der Waals surface area contributed by atoms with Crippen molar-refractivity contribution < 1.29 is 0 Å². The molecule has 0 heteroatoms. The molecule has 16 heavy (non-hydrogen) atoms. The van der Waals surface area contributed by atoms with E-state index < -0.39 is 0 Å². The van der Waals surface area contributed by atoms with Crippen molar-refractivity contribution in [2.75, 3.05) is 0 Å². The zero-order valence-corrected chi connectivity index (χ0v) is 9.77. The molecule has 0 aliphatic rings. The first-order chi connectivity index (χ1) is 7.78. The summed E-state index contributed by atoms with van der Waals surface area (Å²) in [5, 5.41) is 2.51. The molecule has 0 bridgehead atoms. The Labute approximate surface area is 96.6 Å². The van der Waals surface area contributed by atoms with Crippen LogP contribution >= 0.6 is 0 Å². The van der Waals surface area contributed by atoms with Crippen LogP contribution in [0.3, 0.4) is 0 Å².